The number of carbonyl (C=O) groups excluding carboxylic acids is 1. The molecule has 1 atom stereocenters. The van der Waals surface area contributed by atoms with E-state index >= 15 is 0 Å². The fourth-order valence-electron chi connectivity index (χ4n) is 2.64. The van der Waals surface area contributed by atoms with Gasteiger partial charge in [0.25, 0.3) is 5.91 Å². The van der Waals surface area contributed by atoms with Crippen LogP contribution in [0.3, 0.4) is 0 Å². The molecular weight excluding hydrogens is 260 g/mol. The fraction of sp³-hybridized carbons (Fsp3) is 0.500. The lowest BCUT2D eigenvalue weighted by molar-refractivity contribution is 0.0741. The van der Waals surface area contributed by atoms with Gasteiger partial charge in [-0.2, -0.15) is 0 Å². The average molecular weight is 286 g/mol. The molecule has 1 aromatic carbocycles. The maximum absolute atomic E-state index is 12.7. The van der Waals surface area contributed by atoms with Gasteiger partial charge in [-0.05, 0) is 50.5 Å². The predicted octanol–water partition coefficient (Wildman–Crippen LogP) is 4.29. The zero-order valence-corrected chi connectivity index (χ0v) is 13.8. The second-order valence-corrected chi connectivity index (χ2v) is 5.99. The van der Waals surface area contributed by atoms with Crippen LogP contribution in [0, 0.1) is 19.8 Å². The summed E-state index contributed by atoms with van der Waals surface area (Å²) in [5, 5.41) is 1.15. The number of fused-ring (bicyclic) bond motifs is 1. The number of hydrogen-bond acceptors (Lipinski definition) is 1. The largest absolute Gasteiger partial charge is 0.358 e. The summed E-state index contributed by atoms with van der Waals surface area (Å²) in [5.74, 6) is 0.673. The van der Waals surface area contributed by atoms with Crippen LogP contribution < -0.4 is 0 Å². The number of hydrogen-bond donors (Lipinski definition) is 1. The van der Waals surface area contributed by atoms with Crippen molar-refractivity contribution < 1.29 is 4.79 Å². The van der Waals surface area contributed by atoms with Gasteiger partial charge in [0.05, 0.1) is 0 Å². The van der Waals surface area contributed by atoms with E-state index in [-0.39, 0.29) is 5.91 Å². The SMILES string of the molecule is CCC(C)CN(CC)C(=O)c1ccc2[nH]c(C)c(C)c2c1. The van der Waals surface area contributed by atoms with Crippen molar-refractivity contribution in [3.63, 3.8) is 0 Å². The Morgan fingerprint density at radius 3 is 2.62 bits per heavy atom. The van der Waals surface area contributed by atoms with E-state index in [1.165, 1.54) is 11.3 Å². The molecule has 0 spiro atoms. The van der Waals surface area contributed by atoms with Gasteiger partial charge in [-0.3, -0.25) is 4.79 Å². The van der Waals surface area contributed by atoms with E-state index in [2.05, 4.69) is 32.7 Å². The summed E-state index contributed by atoms with van der Waals surface area (Å²) in [6.45, 7) is 12.2. The summed E-state index contributed by atoms with van der Waals surface area (Å²) in [6, 6.07) is 5.97. The van der Waals surface area contributed by atoms with Crippen molar-refractivity contribution in [1.82, 2.24) is 9.88 Å². The summed E-state index contributed by atoms with van der Waals surface area (Å²) in [7, 11) is 0. The Labute approximate surface area is 127 Å². The van der Waals surface area contributed by atoms with Crippen LogP contribution in [0.15, 0.2) is 18.2 Å². The molecule has 3 heteroatoms. The van der Waals surface area contributed by atoms with Crippen LogP contribution in [-0.4, -0.2) is 28.9 Å². The predicted molar refractivity (Wildman–Crippen MR) is 88.8 cm³/mol. The molecule has 0 bridgehead atoms. The van der Waals surface area contributed by atoms with Crippen LogP contribution >= 0.6 is 0 Å². The van der Waals surface area contributed by atoms with Crippen LogP contribution in [0.4, 0.5) is 0 Å². The standard InChI is InChI=1S/C18H26N2O/c1-6-12(3)11-20(7-2)18(21)15-8-9-17-16(10-15)13(4)14(5)19-17/h8-10,12,19H,6-7,11H2,1-5H3. The second kappa shape index (κ2) is 6.33. The van der Waals surface area contributed by atoms with Gasteiger partial charge >= 0.3 is 0 Å². The van der Waals surface area contributed by atoms with Gasteiger partial charge in [0.15, 0.2) is 0 Å². The van der Waals surface area contributed by atoms with E-state index in [0.29, 0.717) is 5.92 Å². The first-order valence-electron chi connectivity index (χ1n) is 7.86. The quantitative estimate of drug-likeness (QED) is 0.874. The van der Waals surface area contributed by atoms with Gasteiger partial charge < -0.3 is 9.88 Å². The molecule has 0 fully saturated rings. The number of nitrogens with zero attached hydrogens (tertiary/aromatic N) is 1. The molecular formula is C18H26N2O. The average Bonchev–Trinajstić information content (AvgIpc) is 2.78. The Hall–Kier alpha value is -1.77. The first-order valence-corrected chi connectivity index (χ1v) is 7.86. The maximum atomic E-state index is 12.7. The van der Waals surface area contributed by atoms with Crippen LogP contribution in [0.2, 0.25) is 0 Å². The number of aryl methyl sites for hydroxylation is 2. The minimum atomic E-state index is 0.137. The molecule has 1 unspecified atom stereocenters. The molecule has 2 aromatic rings. The van der Waals surface area contributed by atoms with Gasteiger partial charge in [-0.1, -0.05) is 20.3 Å². The minimum absolute atomic E-state index is 0.137. The number of rotatable bonds is 5. The number of carbonyl (C=O) groups is 1. The van der Waals surface area contributed by atoms with Crippen molar-refractivity contribution in [2.75, 3.05) is 13.1 Å². The first kappa shape index (κ1) is 15.6. The van der Waals surface area contributed by atoms with Crippen molar-refractivity contribution >= 4 is 16.8 Å². The Bertz CT molecular complexity index is 642. The number of amides is 1. The highest BCUT2D eigenvalue weighted by atomic mass is 16.2. The molecule has 1 heterocycles. The summed E-state index contributed by atoms with van der Waals surface area (Å²) in [6.07, 6.45) is 1.10. The second-order valence-electron chi connectivity index (χ2n) is 5.99. The fourth-order valence-corrected chi connectivity index (χ4v) is 2.64. The van der Waals surface area contributed by atoms with Crippen molar-refractivity contribution in [3.05, 3.63) is 35.0 Å². The summed E-state index contributed by atoms with van der Waals surface area (Å²) in [4.78, 5) is 18.0. The minimum Gasteiger partial charge on any atom is -0.358 e. The number of benzene rings is 1. The molecule has 1 amide bonds. The summed E-state index contributed by atoms with van der Waals surface area (Å²) < 4.78 is 0. The van der Waals surface area contributed by atoms with Crippen molar-refractivity contribution in [1.29, 1.82) is 0 Å². The van der Waals surface area contributed by atoms with Crippen LogP contribution in [0.5, 0.6) is 0 Å². The highest BCUT2D eigenvalue weighted by molar-refractivity contribution is 5.99. The molecule has 1 N–H and O–H groups in total. The lowest BCUT2D eigenvalue weighted by atomic mass is 10.1. The maximum Gasteiger partial charge on any atom is 0.253 e. The van der Waals surface area contributed by atoms with Crippen LogP contribution in [0.1, 0.15) is 48.8 Å². The monoisotopic (exact) mass is 286 g/mol. The Balaban J connectivity index is 2.31. The zero-order chi connectivity index (χ0) is 15.6. The lowest BCUT2D eigenvalue weighted by Gasteiger charge is -2.24. The van der Waals surface area contributed by atoms with Gasteiger partial charge in [-0.25, -0.2) is 0 Å². The molecule has 0 saturated heterocycles. The summed E-state index contributed by atoms with van der Waals surface area (Å²) >= 11 is 0. The molecule has 0 aliphatic carbocycles. The third-order valence-corrected chi connectivity index (χ3v) is 4.45. The molecule has 0 aliphatic rings. The number of aromatic nitrogens is 1. The van der Waals surface area contributed by atoms with E-state index in [9.17, 15) is 4.79 Å². The highest BCUT2D eigenvalue weighted by Crippen LogP contribution is 2.23. The molecule has 0 saturated carbocycles. The lowest BCUT2D eigenvalue weighted by Crippen LogP contribution is -2.34. The molecule has 3 nitrogen and oxygen atoms in total. The van der Waals surface area contributed by atoms with E-state index in [1.54, 1.807) is 0 Å². The Kier molecular flexibility index (Phi) is 4.71. The molecule has 1 aromatic heterocycles. The van der Waals surface area contributed by atoms with E-state index in [1.807, 2.05) is 30.0 Å². The smallest absolute Gasteiger partial charge is 0.253 e. The first-order chi connectivity index (χ1) is 9.97. The zero-order valence-electron chi connectivity index (χ0n) is 13.8. The molecule has 2 rings (SSSR count). The van der Waals surface area contributed by atoms with Crippen molar-refractivity contribution in [2.24, 2.45) is 5.92 Å². The topological polar surface area (TPSA) is 36.1 Å². The molecule has 0 radical (unpaired) electrons. The van der Waals surface area contributed by atoms with Crippen molar-refractivity contribution in [3.8, 4) is 0 Å². The van der Waals surface area contributed by atoms with Gasteiger partial charge in [0.1, 0.15) is 0 Å². The summed E-state index contributed by atoms with van der Waals surface area (Å²) in [5.41, 5.74) is 4.28. The van der Waals surface area contributed by atoms with E-state index < -0.39 is 0 Å². The number of H-pyrrole nitrogens is 1. The third kappa shape index (κ3) is 3.12. The Morgan fingerprint density at radius 2 is 2.00 bits per heavy atom. The Morgan fingerprint density at radius 1 is 1.29 bits per heavy atom. The highest BCUT2D eigenvalue weighted by Gasteiger charge is 2.17. The van der Waals surface area contributed by atoms with Gasteiger partial charge in [-0.15, -0.1) is 0 Å². The number of nitrogens with one attached hydrogen (secondary N) is 1. The molecule has 21 heavy (non-hydrogen) atoms. The van der Waals surface area contributed by atoms with Crippen molar-refractivity contribution in [2.45, 2.75) is 41.0 Å². The van der Waals surface area contributed by atoms with Crippen LogP contribution in [-0.2, 0) is 0 Å². The third-order valence-electron chi connectivity index (χ3n) is 4.45. The number of aromatic amines is 1. The molecule has 114 valence electrons. The van der Waals surface area contributed by atoms with Gasteiger partial charge in [0, 0.05) is 35.2 Å². The normalized spacial score (nSPS) is 12.6. The van der Waals surface area contributed by atoms with Crippen LogP contribution in [0.25, 0.3) is 10.9 Å². The van der Waals surface area contributed by atoms with Gasteiger partial charge in [0.2, 0.25) is 0 Å². The molecule has 0 aliphatic heterocycles. The van der Waals surface area contributed by atoms with E-state index in [4.69, 9.17) is 0 Å². The van der Waals surface area contributed by atoms with E-state index in [0.717, 1.165) is 36.0 Å².